The molecule has 0 bridgehead atoms. The smallest absolute Gasteiger partial charge is 0.264 e. The number of aryl methyl sites for hydroxylation is 1. The number of rotatable bonds is 5. The molecule has 0 spiro atoms. The first-order valence-electron chi connectivity index (χ1n) is 7.62. The zero-order valence-electron chi connectivity index (χ0n) is 13.9. The van der Waals surface area contributed by atoms with Gasteiger partial charge >= 0.3 is 0 Å². The van der Waals surface area contributed by atoms with Crippen molar-refractivity contribution in [1.29, 1.82) is 0 Å². The number of amidine groups is 1. The Morgan fingerprint density at radius 2 is 1.81 bits per heavy atom. The van der Waals surface area contributed by atoms with E-state index >= 15 is 0 Å². The summed E-state index contributed by atoms with van der Waals surface area (Å²) in [5, 5.41) is 0. The highest BCUT2D eigenvalue weighted by molar-refractivity contribution is 7.92. The predicted octanol–water partition coefficient (Wildman–Crippen LogP) is 2.02. The van der Waals surface area contributed by atoms with Crippen molar-refractivity contribution in [2.45, 2.75) is 11.8 Å². The summed E-state index contributed by atoms with van der Waals surface area (Å²) in [7, 11) is -3.79. The number of sulfonamides is 1. The third-order valence-electron chi connectivity index (χ3n) is 3.34. The topological polar surface area (TPSA) is 123 Å². The van der Waals surface area contributed by atoms with Gasteiger partial charge in [0, 0.05) is 18.1 Å². The van der Waals surface area contributed by atoms with Crippen molar-refractivity contribution in [3.63, 3.8) is 0 Å². The van der Waals surface area contributed by atoms with E-state index in [1.54, 1.807) is 49.5 Å². The van der Waals surface area contributed by atoms with Crippen molar-refractivity contribution in [3.8, 4) is 0 Å². The van der Waals surface area contributed by atoms with E-state index in [2.05, 4.69) is 24.7 Å². The van der Waals surface area contributed by atoms with Crippen molar-refractivity contribution in [3.05, 3.63) is 72.3 Å². The summed E-state index contributed by atoms with van der Waals surface area (Å²) in [6.07, 6.45) is 3.10. The summed E-state index contributed by atoms with van der Waals surface area (Å²) < 4.78 is 27.2. The Morgan fingerprint density at radius 1 is 1.04 bits per heavy atom. The van der Waals surface area contributed by atoms with E-state index in [4.69, 9.17) is 5.73 Å². The highest BCUT2D eigenvalue weighted by Crippen LogP contribution is 2.18. The summed E-state index contributed by atoms with van der Waals surface area (Å²) in [6, 6.07) is 13.0. The van der Waals surface area contributed by atoms with Crippen molar-refractivity contribution >= 4 is 27.5 Å². The van der Waals surface area contributed by atoms with Crippen LogP contribution >= 0.6 is 0 Å². The molecule has 3 rings (SSSR count). The molecule has 0 aliphatic carbocycles. The number of aromatic nitrogens is 3. The Bertz CT molecular complexity index is 1030. The lowest BCUT2D eigenvalue weighted by atomic mass is 10.3. The lowest BCUT2D eigenvalue weighted by Gasteiger charge is -2.07. The summed E-state index contributed by atoms with van der Waals surface area (Å²) in [5.41, 5.74) is 7.62. The monoisotopic (exact) mass is 368 g/mol. The number of anilines is 1. The third kappa shape index (κ3) is 4.19. The molecule has 0 saturated heterocycles. The fourth-order valence-corrected chi connectivity index (χ4v) is 3.04. The summed E-state index contributed by atoms with van der Waals surface area (Å²) in [6.45, 7) is 1.75. The molecule has 132 valence electrons. The SMILES string of the molecule is Cc1ccnc(NS(=O)(=O)c2ccc(N=C(N)c3ccccn3)cc2)n1. The molecule has 0 amide bonds. The van der Waals surface area contributed by atoms with E-state index in [1.807, 2.05) is 0 Å². The van der Waals surface area contributed by atoms with Gasteiger partial charge in [0.1, 0.15) is 11.5 Å². The molecule has 0 saturated carbocycles. The molecule has 0 aliphatic rings. The molecule has 0 fully saturated rings. The van der Waals surface area contributed by atoms with Crippen molar-refractivity contribution in [2.24, 2.45) is 10.7 Å². The number of nitrogens with zero attached hydrogens (tertiary/aromatic N) is 4. The van der Waals surface area contributed by atoms with Crippen LogP contribution in [0.2, 0.25) is 0 Å². The zero-order valence-corrected chi connectivity index (χ0v) is 14.7. The van der Waals surface area contributed by atoms with Gasteiger partial charge in [-0.05, 0) is 49.4 Å². The minimum Gasteiger partial charge on any atom is -0.382 e. The average molecular weight is 368 g/mol. The normalized spacial score (nSPS) is 12.0. The lowest BCUT2D eigenvalue weighted by Crippen LogP contribution is -2.15. The zero-order chi connectivity index (χ0) is 18.6. The fourth-order valence-electron chi connectivity index (χ4n) is 2.09. The van der Waals surface area contributed by atoms with Crippen LogP contribution in [-0.4, -0.2) is 29.2 Å². The van der Waals surface area contributed by atoms with Crippen LogP contribution < -0.4 is 10.5 Å². The third-order valence-corrected chi connectivity index (χ3v) is 4.69. The van der Waals surface area contributed by atoms with Gasteiger partial charge < -0.3 is 5.73 Å². The summed E-state index contributed by atoms with van der Waals surface area (Å²) >= 11 is 0. The van der Waals surface area contributed by atoms with Gasteiger partial charge in [-0.3, -0.25) is 4.98 Å². The van der Waals surface area contributed by atoms with Crippen LogP contribution in [0.3, 0.4) is 0 Å². The molecule has 0 aliphatic heterocycles. The number of nitrogens with two attached hydrogens (primary N) is 1. The molecular weight excluding hydrogens is 352 g/mol. The number of nitrogens with one attached hydrogen (secondary N) is 1. The predicted molar refractivity (Wildman–Crippen MR) is 98.6 cm³/mol. The highest BCUT2D eigenvalue weighted by Gasteiger charge is 2.15. The Morgan fingerprint density at radius 3 is 2.46 bits per heavy atom. The minimum absolute atomic E-state index is 0.0199. The Hall–Kier alpha value is -3.33. The second kappa shape index (κ2) is 7.28. The van der Waals surface area contributed by atoms with Crippen LogP contribution in [0.1, 0.15) is 11.4 Å². The van der Waals surface area contributed by atoms with Gasteiger partial charge in [-0.25, -0.2) is 28.1 Å². The van der Waals surface area contributed by atoms with E-state index in [0.717, 1.165) is 0 Å². The van der Waals surface area contributed by atoms with Gasteiger partial charge in [-0.15, -0.1) is 0 Å². The van der Waals surface area contributed by atoms with Gasteiger partial charge in [0.2, 0.25) is 5.95 Å². The lowest BCUT2D eigenvalue weighted by molar-refractivity contribution is 0.601. The van der Waals surface area contributed by atoms with Crippen LogP contribution in [0, 0.1) is 6.92 Å². The maximum atomic E-state index is 12.4. The number of aliphatic imine (C=N–C) groups is 1. The standard InChI is InChI=1S/C17H16N6O2S/c1-12-9-11-20-17(21-12)23-26(24,25)14-7-5-13(6-8-14)22-16(18)15-4-2-3-10-19-15/h2-11H,1H3,(H2,18,22)(H,20,21,23). The number of hydrogen-bond donors (Lipinski definition) is 2. The maximum Gasteiger partial charge on any atom is 0.264 e. The quantitative estimate of drug-likeness (QED) is 0.524. The number of pyridine rings is 1. The first-order valence-corrected chi connectivity index (χ1v) is 9.10. The van der Waals surface area contributed by atoms with Gasteiger partial charge in [0.05, 0.1) is 10.6 Å². The molecule has 3 aromatic rings. The largest absolute Gasteiger partial charge is 0.382 e. The number of hydrogen-bond acceptors (Lipinski definition) is 6. The molecule has 8 nitrogen and oxygen atoms in total. The highest BCUT2D eigenvalue weighted by atomic mass is 32.2. The molecule has 3 N–H and O–H groups in total. The summed E-state index contributed by atoms with van der Waals surface area (Å²) in [4.78, 5) is 16.3. The van der Waals surface area contributed by atoms with Crippen LogP contribution in [0.5, 0.6) is 0 Å². The second-order valence-corrected chi connectivity index (χ2v) is 7.02. The Kier molecular flexibility index (Phi) is 4.90. The van der Waals surface area contributed by atoms with Gasteiger partial charge in [-0.2, -0.15) is 0 Å². The van der Waals surface area contributed by atoms with Gasteiger partial charge in [-0.1, -0.05) is 6.07 Å². The van der Waals surface area contributed by atoms with E-state index in [0.29, 0.717) is 17.1 Å². The van der Waals surface area contributed by atoms with Gasteiger partial charge in [0.15, 0.2) is 0 Å². The molecular formula is C17H16N6O2S. The minimum atomic E-state index is -3.79. The molecule has 0 atom stereocenters. The first kappa shape index (κ1) is 17.5. The molecule has 9 heteroatoms. The fraction of sp³-hybridized carbons (Fsp3) is 0.0588. The molecule has 2 aromatic heterocycles. The average Bonchev–Trinajstić information content (AvgIpc) is 2.62. The van der Waals surface area contributed by atoms with Gasteiger partial charge in [0.25, 0.3) is 10.0 Å². The molecule has 0 radical (unpaired) electrons. The van der Waals surface area contributed by atoms with Crippen LogP contribution in [0.15, 0.2) is 70.8 Å². The molecule has 1 aromatic carbocycles. The number of benzene rings is 1. The van der Waals surface area contributed by atoms with E-state index in [-0.39, 0.29) is 16.7 Å². The van der Waals surface area contributed by atoms with Crippen LogP contribution in [-0.2, 0) is 10.0 Å². The Labute approximate surface area is 150 Å². The maximum absolute atomic E-state index is 12.4. The van der Waals surface area contributed by atoms with Crippen molar-refractivity contribution in [1.82, 2.24) is 15.0 Å². The molecule has 0 unspecified atom stereocenters. The van der Waals surface area contributed by atoms with E-state index < -0.39 is 10.0 Å². The van der Waals surface area contributed by atoms with Crippen molar-refractivity contribution < 1.29 is 8.42 Å². The second-order valence-electron chi connectivity index (χ2n) is 5.33. The van der Waals surface area contributed by atoms with E-state index in [1.165, 1.54) is 18.3 Å². The van der Waals surface area contributed by atoms with Crippen molar-refractivity contribution in [2.75, 3.05) is 4.72 Å². The molecule has 2 heterocycles. The Balaban J connectivity index is 1.80. The molecule has 26 heavy (non-hydrogen) atoms. The first-order chi connectivity index (χ1) is 12.4. The summed E-state index contributed by atoms with van der Waals surface area (Å²) in [5.74, 6) is 0.263. The van der Waals surface area contributed by atoms with Crippen LogP contribution in [0.4, 0.5) is 11.6 Å². The van der Waals surface area contributed by atoms with Crippen LogP contribution in [0.25, 0.3) is 0 Å². The van der Waals surface area contributed by atoms with E-state index in [9.17, 15) is 8.42 Å².